The first-order valence-corrected chi connectivity index (χ1v) is 6.49. The maximum atomic E-state index is 10.6. The lowest BCUT2D eigenvalue weighted by molar-refractivity contribution is -0.384. The Morgan fingerprint density at radius 2 is 1.95 bits per heavy atom. The van der Waals surface area contributed by atoms with Crippen LogP contribution in [0.4, 0.5) is 5.69 Å². The summed E-state index contributed by atoms with van der Waals surface area (Å²) in [7, 11) is 0. The highest BCUT2D eigenvalue weighted by Crippen LogP contribution is 2.20. The summed E-state index contributed by atoms with van der Waals surface area (Å²) in [6, 6.07) is 8.41. The quantitative estimate of drug-likeness (QED) is 0.452. The van der Waals surface area contributed by atoms with E-state index in [0.717, 1.165) is 24.2 Å². The molecule has 0 saturated heterocycles. The minimum absolute atomic E-state index is 0.103. The molecule has 100 valence electrons. The fraction of sp³-hybridized carbons (Fsp3) is 0.357. The van der Waals surface area contributed by atoms with Crippen LogP contribution in [0.25, 0.3) is 11.3 Å². The summed E-state index contributed by atoms with van der Waals surface area (Å²) in [5.74, 6) is 0. The topological polar surface area (TPSA) is 61.0 Å². The van der Waals surface area contributed by atoms with Crippen molar-refractivity contribution in [2.45, 2.75) is 32.7 Å². The fourth-order valence-electron chi connectivity index (χ4n) is 1.92. The third-order valence-corrected chi connectivity index (χ3v) is 3.01. The molecule has 2 rings (SSSR count). The largest absolute Gasteiger partial charge is 0.272 e. The number of hydrogen-bond donors (Lipinski definition) is 0. The Bertz CT molecular complexity index is 546. The Kier molecular flexibility index (Phi) is 4.28. The van der Waals surface area contributed by atoms with Gasteiger partial charge in [-0.3, -0.25) is 14.8 Å². The molecule has 5 nitrogen and oxygen atoms in total. The van der Waals surface area contributed by atoms with Crippen LogP contribution in [-0.2, 0) is 6.54 Å². The van der Waals surface area contributed by atoms with Crippen molar-refractivity contribution in [2.24, 2.45) is 0 Å². The third-order valence-electron chi connectivity index (χ3n) is 3.01. The van der Waals surface area contributed by atoms with Gasteiger partial charge in [0.1, 0.15) is 0 Å². The maximum Gasteiger partial charge on any atom is 0.269 e. The van der Waals surface area contributed by atoms with E-state index < -0.39 is 4.92 Å². The van der Waals surface area contributed by atoms with Gasteiger partial charge in [-0.05, 0) is 24.6 Å². The van der Waals surface area contributed by atoms with Gasteiger partial charge < -0.3 is 0 Å². The SMILES string of the molecule is CCCCCn1ccc(-c2ccc([N+](=O)[O-])cc2)n1. The number of non-ortho nitro benzene ring substituents is 1. The molecule has 0 unspecified atom stereocenters. The lowest BCUT2D eigenvalue weighted by Crippen LogP contribution is -1.98. The number of nitrogens with zero attached hydrogens (tertiary/aromatic N) is 3. The highest BCUT2D eigenvalue weighted by molar-refractivity contribution is 5.60. The zero-order chi connectivity index (χ0) is 13.7. The van der Waals surface area contributed by atoms with Crippen LogP contribution in [0.1, 0.15) is 26.2 Å². The van der Waals surface area contributed by atoms with Crippen LogP contribution >= 0.6 is 0 Å². The van der Waals surface area contributed by atoms with E-state index in [2.05, 4.69) is 12.0 Å². The van der Waals surface area contributed by atoms with Crippen molar-refractivity contribution in [1.29, 1.82) is 0 Å². The van der Waals surface area contributed by atoms with Crippen LogP contribution in [0.15, 0.2) is 36.5 Å². The molecule has 1 aromatic carbocycles. The Morgan fingerprint density at radius 1 is 1.21 bits per heavy atom. The third kappa shape index (κ3) is 3.40. The standard InChI is InChI=1S/C14H17N3O2/c1-2-3-4-10-16-11-9-14(15-16)12-5-7-13(8-6-12)17(18)19/h5-9,11H,2-4,10H2,1H3. The molecule has 0 aliphatic heterocycles. The summed E-state index contributed by atoms with van der Waals surface area (Å²) in [6.45, 7) is 3.09. The van der Waals surface area contributed by atoms with Crippen LogP contribution in [0, 0.1) is 10.1 Å². The summed E-state index contributed by atoms with van der Waals surface area (Å²) >= 11 is 0. The first-order chi connectivity index (χ1) is 9.20. The van der Waals surface area contributed by atoms with Gasteiger partial charge in [0.25, 0.3) is 5.69 Å². The summed E-state index contributed by atoms with van der Waals surface area (Å²) in [4.78, 5) is 10.2. The van der Waals surface area contributed by atoms with Crippen LogP contribution < -0.4 is 0 Å². The second-order valence-electron chi connectivity index (χ2n) is 4.48. The van der Waals surface area contributed by atoms with Gasteiger partial charge in [0, 0.05) is 30.4 Å². The smallest absolute Gasteiger partial charge is 0.269 e. The summed E-state index contributed by atoms with van der Waals surface area (Å²) < 4.78 is 1.92. The van der Waals surface area contributed by atoms with Crippen molar-refractivity contribution in [2.75, 3.05) is 0 Å². The first kappa shape index (κ1) is 13.3. The summed E-state index contributed by atoms with van der Waals surface area (Å²) in [5, 5.41) is 15.1. The van der Waals surface area contributed by atoms with Gasteiger partial charge in [-0.15, -0.1) is 0 Å². The Morgan fingerprint density at radius 3 is 2.58 bits per heavy atom. The molecular formula is C14H17N3O2. The minimum Gasteiger partial charge on any atom is -0.272 e. The molecule has 0 atom stereocenters. The van der Waals surface area contributed by atoms with Crippen molar-refractivity contribution in [3.63, 3.8) is 0 Å². The Hall–Kier alpha value is -2.17. The van der Waals surface area contributed by atoms with Gasteiger partial charge in [-0.1, -0.05) is 19.8 Å². The molecule has 2 aromatic rings. The van der Waals surface area contributed by atoms with Gasteiger partial charge in [-0.25, -0.2) is 0 Å². The molecule has 5 heteroatoms. The van der Waals surface area contributed by atoms with E-state index >= 15 is 0 Å². The molecule has 1 aromatic heterocycles. The predicted molar refractivity (Wildman–Crippen MR) is 73.8 cm³/mol. The van der Waals surface area contributed by atoms with Gasteiger partial charge in [0.05, 0.1) is 10.6 Å². The summed E-state index contributed by atoms with van der Waals surface area (Å²) in [6.07, 6.45) is 5.47. The number of aryl methyl sites for hydroxylation is 1. The second kappa shape index (κ2) is 6.13. The first-order valence-electron chi connectivity index (χ1n) is 6.49. The molecule has 0 bridgehead atoms. The molecule has 19 heavy (non-hydrogen) atoms. The van der Waals surface area contributed by atoms with Crippen LogP contribution in [0.2, 0.25) is 0 Å². The van der Waals surface area contributed by atoms with Crippen LogP contribution in [0.3, 0.4) is 0 Å². The van der Waals surface area contributed by atoms with E-state index in [9.17, 15) is 10.1 Å². The second-order valence-corrected chi connectivity index (χ2v) is 4.48. The number of rotatable bonds is 6. The summed E-state index contributed by atoms with van der Waals surface area (Å²) in [5.41, 5.74) is 1.86. The van der Waals surface area contributed by atoms with Crippen LogP contribution in [0.5, 0.6) is 0 Å². The van der Waals surface area contributed by atoms with E-state index in [-0.39, 0.29) is 5.69 Å². The lowest BCUT2D eigenvalue weighted by Gasteiger charge is -2.00. The number of nitro groups is 1. The van der Waals surface area contributed by atoms with Crippen LogP contribution in [-0.4, -0.2) is 14.7 Å². The van der Waals surface area contributed by atoms with Crippen molar-refractivity contribution >= 4 is 5.69 Å². The van der Waals surface area contributed by atoms with Gasteiger partial charge in [-0.2, -0.15) is 5.10 Å². The lowest BCUT2D eigenvalue weighted by atomic mass is 10.1. The Balaban J connectivity index is 2.07. The average Bonchev–Trinajstić information content (AvgIpc) is 2.88. The van der Waals surface area contributed by atoms with Crippen molar-refractivity contribution in [1.82, 2.24) is 9.78 Å². The molecule has 0 fully saturated rings. The van der Waals surface area contributed by atoms with Gasteiger partial charge in [0.15, 0.2) is 0 Å². The molecule has 0 aliphatic carbocycles. The fourth-order valence-corrected chi connectivity index (χ4v) is 1.92. The molecular weight excluding hydrogens is 242 g/mol. The number of aromatic nitrogens is 2. The number of hydrogen-bond acceptors (Lipinski definition) is 3. The average molecular weight is 259 g/mol. The van der Waals surface area contributed by atoms with Crippen molar-refractivity contribution in [3.8, 4) is 11.3 Å². The monoisotopic (exact) mass is 259 g/mol. The molecule has 0 spiro atoms. The molecule has 0 amide bonds. The zero-order valence-electron chi connectivity index (χ0n) is 11.0. The zero-order valence-corrected chi connectivity index (χ0v) is 11.0. The maximum absolute atomic E-state index is 10.6. The number of unbranched alkanes of at least 4 members (excludes halogenated alkanes) is 2. The molecule has 0 N–H and O–H groups in total. The van der Waals surface area contributed by atoms with Gasteiger partial charge in [0.2, 0.25) is 0 Å². The highest BCUT2D eigenvalue weighted by atomic mass is 16.6. The normalized spacial score (nSPS) is 10.6. The molecule has 0 radical (unpaired) electrons. The van der Waals surface area contributed by atoms with Crippen molar-refractivity contribution < 1.29 is 4.92 Å². The minimum atomic E-state index is -0.396. The number of nitro benzene ring substituents is 1. The molecule has 1 heterocycles. The van der Waals surface area contributed by atoms with E-state index in [4.69, 9.17) is 0 Å². The van der Waals surface area contributed by atoms with E-state index in [1.165, 1.54) is 25.0 Å². The molecule has 0 aliphatic rings. The van der Waals surface area contributed by atoms with Crippen molar-refractivity contribution in [3.05, 3.63) is 46.6 Å². The van der Waals surface area contributed by atoms with E-state index in [0.29, 0.717) is 0 Å². The highest BCUT2D eigenvalue weighted by Gasteiger charge is 2.07. The van der Waals surface area contributed by atoms with Gasteiger partial charge >= 0.3 is 0 Å². The Labute approximate surface area is 112 Å². The number of benzene rings is 1. The predicted octanol–water partition coefficient (Wildman–Crippen LogP) is 3.65. The molecule has 0 saturated carbocycles. The van der Waals surface area contributed by atoms with E-state index in [1.807, 2.05) is 16.9 Å². The van der Waals surface area contributed by atoms with E-state index in [1.54, 1.807) is 12.1 Å².